The molecule has 1 atom stereocenters. The second-order valence-electron chi connectivity index (χ2n) is 6.49. The van der Waals surface area contributed by atoms with E-state index in [9.17, 15) is 4.79 Å². The van der Waals surface area contributed by atoms with E-state index in [4.69, 9.17) is 9.72 Å². The first kappa shape index (κ1) is 17.3. The Labute approximate surface area is 156 Å². The molecule has 2 aliphatic rings. The zero-order valence-corrected chi connectivity index (χ0v) is 15.6. The highest BCUT2D eigenvalue weighted by Gasteiger charge is 2.30. The van der Waals surface area contributed by atoms with Gasteiger partial charge in [0.15, 0.2) is 0 Å². The molecular formula is C17H22N6O2S. The molecule has 2 aliphatic heterocycles. The molecule has 2 aromatic heterocycles. The van der Waals surface area contributed by atoms with Crippen molar-refractivity contribution in [2.45, 2.75) is 32.3 Å². The molecule has 2 fully saturated rings. The Balaban J connectivity index is 1.50. The molecule has 9 heteroatoms. The van der Waals surface area contributed by atoms with Crippen LogP contribution in [0, 0.1) is 0 Å². The smallest absolute Gasteiger partial charge is 0.267 e. The molecule has 4 heterocycles. The van der Waals surface area contributed by atoms with Crippen LogP contribution in [-0.4, -0.2) is 63.1 Å². The number of carbonyl (C=O) groups is 1. The molecule has 2 aromatic rings. The molecule has 138 valence electrons. The third-order valence-corrected chi connectivity index (χ3v) is 5.58. The van der Waals surface area contributed by atoms with Crippen molar-refractivity contribution in [3.8, 4) is 0 Å². The van der Waals surface area contributed by atoms with Crippen LogP contribution in [0.25, 0.3) is 0 Å². The van der Waals surface area contributed by atoms with Gasteiger partial charge in [0, 0.05) is 25.8 Å². The van der Waals surface area contributed by atoms with Gasteiger partial charge in [-0.05, 0) is 36.9 Å². The molecule has 0 bridgehead atoms. The largest absolute Gasteiger partial charge is 0.368 e. The summed E-state index contributed by atoms with van der Waals surface area (Å²) in [6.45, 7) is 5.52. The van der Waals surface area contributed by atoms with Gasteiger partial charge in [-0.3, -0.25) is 4.79 Å². The lowest BCUT2D eigenvalue weighted by Crippen LogP contribution is -2.42. The number of hydrogen-bond donors (Lipinski definition) is 0. The Morgan fingerprint density at radius 1 is 1.35 bits per heavy atom. The van der Waals surface area contributed by atoms with Gasteiger partial charge in [-0.15, -0.1) is 5.10 Å². The summed E-state index contributed by atoms with van der Waals surface area (Å²) in [6.07, 6.45) is 4.61. The third kappa shape index (κ3) is 3.41. The summed E-state index contributed by atoms with van der Waals surface area (Å²) in [5.41, 5.74) is 1.60. The molecule has 4 rings (SSSR count). The van der Waals surface area contributed by atoms with Crippen molar-refractivity contribution in [2.75, 3.05) is 37.7 Å². The molecule has 0 unspecified atom stereocenters. The number of morpholine rings is 1. The number of aromatic nitrogens is 4. The maximum atomic E-state index is 12.9. The SMILES string of the molecule is CCc1nnsc1C(=O)N1CCO[C@@H](c2ccnc(N3CCCC3)n2)C1. The van der Waals surface area contributed by atoms with E-state index in [1.165, 1.54) is 24.4 Å². The van der Waals surface area contributed by atoms with E-state index < -0.39 is 0 Å². The fraction of sp³-hybridized carbons (Fsp3) is 0.588. The topological polar surface area (TPSA) is 84.3 Å². The van der Waals surface area contributed by atoms with Gasteiger partial charge < -0.3 is 14.5 Å². The van der Waals surface area contributed by atoms with Crippen LogP contribution in [0.1, 0.15) is 46.9 Å². The first-order chi connectivity index (χ1) is 12.8. The molecular weight excluding hydrogens is 352 g/mol. The molecule has 2 saturated heterocycles. The van der Waals surface area contributed by atoms with Crippen LogP contribution < -0.4 is 4.90 Å². The Hall–Kier alpha value is -2.13. The van der Waals surface area contributed by atoms with Crippen molar-refractivity contribution in [3.05, 3.63) is 28.5 Å². The molecule has 0 saturated carbocycles. The second kappa shape index (κ2) is 7.63. The summed E-state index contributed by atoms with van der Waals surface area (Å²) in [7, 11) is 0. The zero-order valence-electron chi connectivity index (χ0n) is 14.8. The average molecular weight is 374 g/mol. The van der Waals surface area contributed by atoms with Gasteiger partial charge in [0.2, 0.25) is 5.95 Å². The van der Waals surface area contributed by atoms with Crippen LogP contribution in [0.5, 0.6) is 0 Å². The van der Waals surface area contributed by atoms with Crippen molar-refractivity contribution >= 4 is 23.4 Å². The summed E-state index contributed by atoms with van der Waals surface area (Å²) >= 11 is 1.17. The van der Waals surface area contributed by atoms with Crippen molar-refractivity contribution in [1.29, 1.82) is 0 Å². The molecule has 8 nitrogen and oxygen atoms in total. The Kier molecular flexibility index (Phi) is 5.07. The van der Waals surface area contributed by atoms with Gasteiger partial charge >= 0.3 is 0 Å². The molecule has 0 spiro atoms. The lowest BCUT2D eigenvalue weighted by molar-refractivity contribution is -0.0246. The molecule has 26 heavy (non-hydrogen) atoms. The van der Waals surface area contributed by atoms with Gasteiger partial charge in [0.1, 0.15) is 11.0 Å². The number of hydrogen-bond acceptors (Lipinski definition) is 8. The van der Waals surface area contributed by atoms with Crippen LogP contribution in [0.4, 0.5) is 5.95 Å². The normalized spacial score (nSPS) is 20.6. The molecule has 1 amide bonds. The van der Waals surface area contributed by atoms with Crippen LogP contribution in [0.3, 0.4) is 0 Å². The van der Waals surface area contributed by atoms with E-state index in [0.717, 1.165) is 30.4 Å². The zero-order chi connectivity index (χ0) is 17.9. The summed E-state index contributed by atoms with van der Waals surface area (Å²) < 4.78 is 9.83. The average Bonchev–Trinajstić information content (AvgIpc) is 3.39. The van der Waals surface area contributed by atoms with E-state index in [1.54, 1.807) is 6.20 Å². The first-order valence-corrected chi connectivity index (χ1v) is 9.83. The number of rotatable bonds is 4. The Bertz CT molecular complexity index is 776. The number of amides is 1. The maximum Gasteiger partial charge on any atom is 0.267 e. The van der Waals surface area contributed by atoms with E-state index in [0.29, 0.717) is 31.0 Å². The minimum atomic E-state index is -0.233. The summed E-state index contributed by atoms with van der Waals surface area (Å²) in [6, 6.07) is 1.88. The van der Waals surface area contributed by atoms with Crippen LogP contribution in [0.2, 0.25) is 0 Å². The fourth-order valence-electron chi connectivity index (χ4n) is 3.37. The number of nitrogens with zero attached hydrogens (tertiary/aromatic N) is 6. The number of carbonyl (C=O) groups excluding carboxylic acids is 1. The monoisotopic (exact) mass is 374 g/mol. The Morgan fingerprint density at radius 2 is 2.19 bits per heavy atom. The number of aryl methyl sites for hydroxylation is 1. The number of ether oxygens (including phenoxy) is 1. The lowest BCUT2D eigenvalue weighted by Gasteiger charge is -2.32. The van der Waals surface area contributed by atoms with Crippen LogP contribution in [-0.2, 0) is 11.2 Å². The summed E-state index contributed by atoms with van der Waals surface area (Å²) in [5, 5.41) is 4.05. The first-order valence-electron chi connectivity index (χ1n) is 9.06. The van der Waals surface area contributed by atoms with Gasteiger partial charge in [0.05, 0.1) is 24.5 Å². The quantitative estimate of drug-likeness (QED) is 0.805. The van der Waals surface area contributed by atoms with Crippen molar-refractivity contribution in [2.24, 2.45) is 0 Å². The van der Waals surface area contributed by atoms with Crippen molar-refractivity contribution < 1.29 is 9.53 Å². The van der Waals surface area contributed by atoms with E-state index in [2.05, 4.69) is 19.5 Å². The van der Waals surface area contributed by atoms with Crippen LogP contribution in [0.15, 0.2) is 12.3 Å². The van der Waals surface area contributed by atoms with Gasteiger partial charge in [-0.2, -0.15) is 0 Å². The van der Waals surface area contributed by atoms with E-state index in [1.807, 2.05) is 17.9 Å². The van der Waals surface area contributed by atoms with E-state index >= 15 is 0 Å². The highest BCUT2D eigenvalue weighted by molar-refractivity contribution is 7.08. The summed E-state index contributed by atoms with van der Waals surface area (Å²) in [5.74, 6) is 0.742. The minimum Gasteiger partial charge on any atom is -0.368 e. The predicted octanol–water partition coefficient (Wildman–Crippen LogP) is 1.70. The van der Waals surface area contributed by atoms with Crippen molar-refractivity contribution in [1.82, 2.24) is 24.5 Å². The van der Waals surface area contributed by atoms with Gasteiger partial charge in [-0.1, -0.05) is 11.4 Å². The second-order valence-corrected chi connectivity index (χ2v) is 7.24. The van der Waals surface area contributed by atoms with Crippen LogP contribution >= 0.6 is 11.5 Å². The highest BCUT2D eigenvalue weighted by atomic mass is 32.1. The molecule has 0 aliphatic carbocycles. The van der Waals surface area contributed by atoms with Gasteiger partial charge in [0.25, 0.3) is 5.91 Å². The highest BCUT2D eigenvalue weighted by Crippen LogP contribution is 2.25. The standard InChI is InChI=1S/C17H22N6O2S/c1-2-12-15(26-21-20-12)16(24)23-9-10-25-14(11-23)13-5-6-18-17(19-13)22-7-3-4-8-22/h5-6,14H,2-4,7-11H2,1H3/t14-/m1/s1. The number of anilines is 1. The molecule has 0 N–H and O–H groups in total. The van der Waals surface area contributed by atoms with Crippen molar-refractivity contribution in [3.63, 3.8) is 0 Å². The predicted molar refractivity (Wildman–Crippen MR) is 97.4 cm³/mol. The third-order valence-electron chi connectivity index (χ3n) is 4.82. The molecule has 0 radical (unpaired) electrons. The Morgan fingerprint density at radius 3 is 3.00 bits per heavy atom. The maximum absolute atomic E-state index is 12.9. The summed E-state index contributed by atoms with van der Waals surface area (Å²) in [4.78, 5) is 26.6. The van der Waals surface area contributed by atoms with Gasteiger partial charge in [-0.25, -0.2) is 9.97 Å². The fourth-order valence-corrected chi connectivity index (χ4v) is 4.09. The minimum absolute atomic E-state index is 0.0148. The van der Waals surface area contributed by atoms with E-state index in [-0.39, 0.29) is 12.0 Å². The molecule has 0 aromatic carbocycles. The lowest BCUT2D eigenvalue weighted by atomic mass is 10.2.